The molecule has 2 aliphatic carbocycles. The molecule has 2 saturated carbocycles. The average Bonchev–Trinajstić information content (AvgIpc) is 2.98. The van der Waals surface area contributed by atoms with Crippen LogP contribution >= 0.6 is 12.4 Å². The SMILES string of the molecule is CC(C)C1CCCC(NC(=O)C2(N)CC2)C1.Cl. The Morgan fingerprint density at radius 1 is 1.35 bits per heavy atom. The highest BCUT2D eigenvalue weighted by Crippen LogP contribution is 2.34. The zero-order valence-corrected chi connectivity index (χ0v) is 11.7. The molecule has 3 N–H and O–H groups in total. The van der Waals surface area contributed by atoms with Gasteiger partial charge in [0.2, 0.25) is 5.91 Å². The maximum absolute atomic E-state index is 11.8. The topological polar surface area (TPSA) is 55.1 Å². The minimum absolute atomic E-state index is 0. The maximum Gasteiger partial charge on any atom is 0.240 e. The van der Waals surface area contributed by atoms with E-state index < -0.39 is 5.54 Å². The van der Waals surface area contributed by atoms with Crippen molar-refractivity contribution in [1.29, 1.82) is 0 Å². The van der Waals surface area contributed by atoms with Gasteiger partial charge in [-0.3, -0.25) is 4.79 Å². The van der Waals surface area contributed by atoms with Gasteiger partial charge in [0.05, 0.1) is 5.54 Å². The van der Waals surface area contributed by atoms with Gasteiger partial charge in [0, 0.05) is 6.04 Å². The number of halogens is 1. The minimum Gasteiger partial charge on any atom is -0.352 e. The predicted molar refractivity (Wildman–Crippen MR) is 72.1 cm³/mol. The molecular weight excluding hydrogens is 236 g/mol. The fourth-order valence-corrected chi connectivity index (χ4v) is 2.66. The second kappa shape index (κ2) is 5.57. The van der Waals surface area contributed by atoms with Gasteiger partial charge in [0.25, 0.3) is 0 Å². The van der Waals surface area contributed by atoms with E-state index in [1.54, 1.807) is 0 Å². The lowest BCUT2D eigenvalue weighted by atomic mass is 9.79. The molecule has 2 atom stereocenters. The van der Waals surface area contributed by atoms with E-state index >= 15 is 0 Å². The zero-order chi connectivity index (χ0) is 11.8. The molecule has 0 saturated heterocycles. The molecule has 2 rings (SSSR count). The van der Waals surface area contributed by atoms with E-state index in [0.717, 1.165) is 37.5 Å². The van der Waals surface area contributed by atoms with Gasteiger partial charge in [-0.25, -0.2) is 0 Å². The molecule has 0 aliphatic heterocycles. The summed E-state index contributed by atoms with van der Waals surface area (Å²) in [5.74, 6) is 1.58. The molecule has 0 aromatic heterocycles. The molecule has 0 aromatic rings. The number of nitrogens with two attached hydrogens (primary N) is 1. The van der Waals surface area contributed by atoms with E-state index in [2.05, 4.69) is 19.2 Å². The molecule has 0 radical (unpaired) electrons. The van der Waals surface area contributed by atoms with Crippen LogP contribution in [0.15, 0.2) is 0 Å². The van der Waals surface area contributed by atoms with Crippen LogP contribution in [0, 0.1) is 11.8 Å². The molecular formula is C13H25ClN2O. The summed E-state index contributed by atoms with van der Waals surface area (Å²) in [6.45, 7) is 4.56. The summed E-state index contributed by atoms with van der Waals surface area (Å²) in [6, 6.07) is 0.370. The van der Waals surface area contributed by atoms with Crippen LogP contribution < -0.4 is 11.1 Å². The highest BCUT2D eigenvalue weighted by molar-refractivity contribution is 5.89. The first-order chi connectivity index (χ1) is 7.51. The molecule has 3 nitrogen and oxygen atoms in total. The Bertz CT molecular complexity index is 277. The lowest BCUT2D eigenvalue weighted by Crippen LogP contribution is -2.48. The van der Waals surface area contributed by atoms with E-state index in [0.29, 0.717) is 6.04 Å². The summed E-state index contributed by atoms with van der Waals surface area (Å²) in [5, 5.41) is 3.14. The monoisotopic (exact) mass is 260 g/mol. The summed E-state index contributed by atoms with van der Waals surface area (Å²) < 4.78 is 0. The van der Waals surface area contributed by atoms with E-state index in [1.165, 1.54) is 12.8 Å². The van der Waals surface area contributed by atoms with Crippen molar-refractivity contribution in [2.24, 2.45) is 17.6 Å². The van der Waals surface area contributed by atoms with E-state index in [-0.39, 0.29) is 18.3 Å². The number of hydrogen-bond donors (Lipinski definition) is 2. The van der Waals surface area contributed by atoms with Gasteiger partial charge in [-0.2, -0.15) is 0 Å². The maximum atomic E-state index is 11.8. The van der Waals surface area contributed by atoms with Crippen LogP contribution in [-0.2, 0) is 4.79 Å². The summed E-state index contributed by atoms with van der Waals surface area (Å²) >= 11 is 0. The number of rotatable bonds is 3. The quantitative estimate of drug-likeness (QED) is 0.818. The van der Waals surface area contributed by atoms with Crippen molar-refractivity contribution < 1.29 is 4.79 Å². The third-order valence-corrected chi connectivity index (χ3v) is 4.23. The Morgan fingerprint density at radius 3 is 2.53 bits per heavy atom. The number of carbonyl (C=O) groups excluding carboxylic acids is 1. The fraction of sp³-hybridized carbons (Fsp3) is 0.923. The zero-order valence-electron chi connectivity index (χ0n) is 10.9. The second-order valence-electron chi connectivity index (χ2n) is 6.00. The van der Waals surface area contributed by atoms with Crippen molar-refractivity contribution >= 4 is 18.3 Å². The van der Waals surface area contributed by atoms with Crippen LogP contribution in [0.3, 0.4) is 0 Å². The Labute approximate surface area is 110 Å². The first-order valence-corrected chi connectivity index (χ1v) is 6.61. The van der Waals surface area contributed by atoms with Gasteiger partial charge >= 0.3 is 0 Å². The van der Waals surface area contributed by atoms with Gasteiger partial charge in [-0.1, -0.05) is 26.7 Å². The van der Waals surface area contributed by atoms with Gasteiger partial charge in [0.15, 0.2) is 0 Å². The second-order valence-corrected chi connectivity index (χ2v) is 6.00. The Kier molecular flexibility index (Phi) is 4.85. The number of carbonyl (C=O) groups is 1. The van der Waals surface area contributed by atoms with E-state index in [9.17, 15) is 4.79 Å². The Hall–Kier alpha value is -0.280. The van der Waals surface area contributed by atoms with E-state index in [4.69, 9.17) is 5.73 Å². The summed E-state index contributed by atoms with van der Waals surface area (Å²) in [6.07, 6.45) is 6.55. The molecule has 2 aliphatic rings. The van der Waals surface area contributed by atoms with Crippen LogP contribution in [0.4, 0.5) is 0 Å². The first-order valence-electron chi connectivity index (χ1n) is 6.61. The summed E-state index contributed by atoms with van der Waals surface area (Å²) in [7, 11) is 0. The normalized spacial score (nSPS) is 30.6. The van der Waals surface area contributed by atoms with Crippen molar-refractivity contribution in [3.8, 4) is 0 Å². The summed E-state index contributed by atoms with van der Waals surface area (Å²) in [5.41, 5.74) is 5.38. The van der Waals surface area contributed by atoms with Crippen molar-refractivity contribution in [1.82, 2.24) is 5.32 Å². The fourth-order valence-electron chi connectivity index (χ4n) is 2.66. The van der Waals surface area contributed by atoms with Gasteiger partial charge in [-0.05, 0) is 37.5 Å². The molecule has 0 aromatic carbocycles. The molecule has 1 amide bonds. The molecule has 2 unspecified atom stereocenters. The lowest BCUT2D eigenvalue weighted by Gasteiger charge is -2.32. The average molecular weight is 261 g/mol. The van der Waals surface area contributed by atoms with Gasteiger partial charge in [0.1, 0.15) is 0 Å². The van der Waals surface area contributed by atoms with Crippen LogP contribution in [0.5, 0.6) is 0 Å². The largest absolute Gasteiger partial charge is 0.352 e. The van der Waals surface area contributed by atoms with Crippen molar-refractivity contribution in [3.05, 3.63) is 0 Å². The third-order valence-electron chi connectivity index (χ3n) is 4.23. The van der Waals surface area contributed by atoms with Gasteiger partial charge in [-0.15, -0.1) is 12.4 Å². The van der Waals surface area contributed by atoms with Crippen LogP contribution in [0.2, 0.25) is 0 Å². The summed E-state index contributed by atoms with van der Waals surface area (Å²) in [4.78, 5) is 11.8. The Morgan fingerprint density at radius 2 is 2.00 bits per heavy atom. The molecule has 100 valence electrons. The highest BCUT2D eigenvalue weighted by atomic mass is 35.5. The third kappa shape index (κ3) is 3.59. The molecule has 17 heavy (non-hydrogen) atoms. The van der Waals surface area contributed by atoms with Crippen molar-refractivity contribution in [2.45, 2.75) is 64.0 Å². The molecule has 0 heterocycles. The predicted octanol–water partition coefficient (Wildman–Crippen LogP) is 2.23. The standard InChI is InChI=1S/C13H24N2O.ClH/c1-9(2)10-4-3-5-11(8-10)15-12(16)13(14)6-7-13;/h9-11H,3-8,14H2,1-2H3,(H,15,16);1H. The van der Waals surface area contributed by atoms with Crippen LogP contribution in [0.25, 0.3) is 0 Å². The van der Waals surface area contributed by atoms with Gasteiger partial charge < -0.3 is 11.1 Å². The molecule has 2 fully saturated rings. The Balaban J connectivity index is 0.00000144. The lowest BCUT2D eigenvalue weighted by molar-refractivity contribution is -0.124. The number of hydrogen-bond acceptors (Lipinski definition) is 2. The van der Waals surface area contributed by atoms with E-state index in [1.807, 2.05) is 0 Å². The number of nitrogens with one attached hydrogen (secondary N) is 1. The minimum atomic E-state index is -0.509. The molecule has 0 bridgehead atoms. The highest BCUT2D eigenvalue weighted by Gasteiger charge is 2.46. The van der Waals surface area contributed by atoms with Crippen molar-refractivity contribution in [3.63, 3.8) is 0 Å². The molecule has 0 spiro atoms. The van der Waals surface area contributed by atoms with Crippen LogP contribution in [-0.4, -0.2) is 17.5 Å². The van der Waals surface area contributed by atoms with Crippen LogP contribution in [0.1, 0.15) is 52.4 Å². The number of amides is 1. The first kappa shape index (κ1) is 14.8. The van der Waals surface area contributed by atoms with Crippen molar-refractivity contribution in [2.75, 3.05) is 0 Å². The molecule has 4 heteroatoms. The smallest absolute Gasteiger partial charge is 0.240 e.